The molecule has 3 heteroatoms. The van der Waals surface area contributed by atoms with Gasteiger partial charge in [-0.25, -0.2) is 0 Å². The Morgan fingerprint density at radius 3 is 2.39 bits per heavy atom. The van der Waals surface area contributed by atoms with Crippen LogP contribution in [-0.2, 0) is 0 Å². The molecule has 1 rings (SSSR count). The maximum Gasteiger partial charge on any atom is 0.163 e. The van der Waals surface area contributed by atoms with Crippen molar-refractivity contribution < 1.29 is 9.53 Å². The van der Waals surface area contributed by atoms with Crippen LogP contribution in [0.3, 0.4) is 0 Å². The number of benzene rings is 1. The topological polar surface area (TPSA) is 52.3 Å². The lowest BCUT2D eigenvalue weighted by molar-refractivity contribution is 0.0934. The summed E-state index contributed by atoms with van der Waals surface area (Å²) in [5, 5.41) is 0. The zero-order valence-electron chi connectivity index (χ0n) is 12.0. The summed E-state index contributed by atoms with van der Waals surface area (Å²) in [6.07, 6.45) is 0.468. The summed E-state index contributed by atoms with van der Waals surface area (Å²) in [7, 11) is 1.64. The van der Waals surface area contributed by atoms with Gasteiger partial charge in [0.15, 0.2) is 5.78 Å². The first-order valence-corrected chi connectivity index (χ1v) is 6.20. The molecule has 0 heterocycles. The van der Waals surface area contributed by atoms with E-state index in [1.807, 2.05) is 39.8 Å². The van der Waals surface area contributed by atoms with Gasteiger partial charge in [-0.3, -0.25) is 4.79 Å². The molecule has 0 atom stereocenters. The normalized spacial score (nSPS) is 11.4. The van der Waals surface area contributed by atoms with Gasteiger partial charge in [0.1, 0.15) is 5.75 Å². The first-order valence-electron chi connectivity index (χ1n) is 6.20. The zero-order valence-corrected chi connectivity index (χ0v) is 12.0. The molecule has 0 aliphatic carbocycles. The molecule has 0 spiro atoms. The fourth-order valence-electron chi connectivity index (χ4n) is 1.92. The van der Waals surface area contributed by atoms with Gasteiger partial charge in [-0.2, -0.15) is 0 Å². The molecule has 0 saturated heterocycles. The van der Waals surface area contributed by atoms with Crippen LogP contribution in [0.25, 0.3) is 0 Å². The molecule has 0 fully saturated rings. The van der Waals surface area contributed by atoms with Gasteiger partial charge in [0.25, 0.3) is 0 Å². The third kappa shape index (κ3) is 3.10. The van der Waals surface area contributed by atoms with Crippen LogP contribution >= 0.6 is 0 Å². The molecule has 0 saturated carbocycles. The monoisotopic (exact) mass is 249 g/mol. The molecular weight excluding hydrogens is 226 g/mol. The van der Waals surface area contributed by atoms with Crippen molar-refractivity contribution in [2.45, 2.75) is 34.1 Å². The van der Waals surface area contributed by atoms with Gasteiger partial charge in [0, 0.05) is 12.0 Å². The first-order chi connectivity index (χ1) is 8.32. The van der Waals surface area contributed by atoms with Gasteiger partial charge in [0.2, 0.25) is 0 Å². The molecule has 18 heavy (non-hydrogen) atoms. The minimum atomic E-state index is -0.155. The Hall–Kier alpha value is -1.35. The minimum absolute atomic E-state index is 0.147. The minimum Gasteiger partial charge on any atom is -0.496 e. The molecular formula is C15H23NO2. The summed E-state index contributed by atoms with van der Waals surface area (Å²) in [4.78, 5) is 12.3. The Kier molecular flexibility index (Phi) is 4.52. The van der Waals surface area contributed by atoms with Crippen LogP contribution in [0.1, 0.15) is 41.8 Å². The number of rotatable bonds is 5. The molecule has 1 aromatic carbocycles. The van der Waals surface area contributed by atoms with Crippen LogP contribution in [0.4, 0.5) is 0 Å². The molecule has 0 radical (unpaired) electrons. The number of ether oxygens (including phenoxy) is 1. The van der Waals surface area contributed by atoms with Gasteiger partial charge < -0.3 is 10.5 Å². The fraction of sp³-hybridized carbons (Fsp3) is 0.533. The van der Waals surface area contributed by atoms with Crippen LogP contribution < -0.4 is 10.5 Å². The lowest BCUT2D eigenvalue weighted by Crippen LogP contribution is -2.27. The van der Waals surface area contributed by atoms with E-state index in [-0.39, 0.29) is 11.2 Å². The Morgan fingerprint density at radius 1 is 1.28 bits per heavy atom. The predicted octanol–water partition coefficient (Wildman–Crippen LogP) is 2.87. The Bertz CT molecular complexity index is 450. The van der Waals surface area contributed by atoms with Crippen molar-refractivity contribution in [2.24, 2.45) is 11.1 Å². The number of hydrogen-bond acceptors (Lipinski definition) is 3. The molecule has 0 amide bonds. The van der Waals surface area contributed by atoms with Crippen LogP contribution in [0.5, 0.6) is 5.75 Å². The van der Waals surface area contributed by atoms with Crippen LogP contribution in [0.2, 0.25) is 0 Å². The molecule has 2 N–H and O–H groups in total. The first kappa shape index (κ1) is 14.7. The third-order valence-electron chi connectivity index (χ3n) is 3.45. The van der Waals surface area contributed by atoms with Crippen molar-refractivity contribution in [3.63, 3.8) is 0 Å². The lowest BCUT2D eigenvalue weighted by Gasteiger charge is -2.22. The fourth-order valence-corrected chi connectivity index (χ4v) is 1.92. The van der Waals surface area contributed by atoms with E-state index in [1.165, 1.54) is 0 Å². The highest BCUT2D eigenvalue weighted by molar-refractivity contribution is 5.98. The summed E-state index contributed by atoms with van der Waals surface area (Å²) >= 11 is 0. The average molecular weight is 249 g/mol. The van der Waals surface area contributed by atoms with Gasteiger partial charge in [0.05, 0.1) is 7.11 Å². The highest BCUT2D eigenvalue weighted by Crippen LogP contribution is 2.27. The number of methoxy groups -OCH3 is 1. The standard InChI is InChI=1S/C15H23NO2/c1-10-11(2)14(18-5)7-6-12(10)13(17)8-15(3,4)9-16/h6-7H,8-9,16H2,1-5H3. The van der Waals surface area contributed by atoms with Crippen LogP contribution in [0, 0.1) is 19.3 Å². The smallest absolute Gasteiger partial charge is 0.163 e. The number of hydrogen-bond donors (Lipinski definition) is 1. The molecule has 0 aromatic heterocycles. The number of carbonyl (C=O) groups excluding carboxylic acids is 1. The molecule has 0 bridgehead atoms. The Balaban J connectivity index is 3.05. The number of nitrogens with two attached hydrogens (primary N) is 1. The molecule has 0 unspecified atom stereocenters. The van der Waals surface area contributed by atoms with Gasteiger partial charge in [-0.05, 0) is 49.1 Å². The van der Waals surface area contributed by atoms with Gasteiger partial charge in [-0.15, -0.1) is 0 Å². The van der Waals surface area contributed by atoms with E-state index in [2.05, 4.69) is 0 Å². The van der Waals surface area contributed by atoms with Crippen LogP contribution in [-0.4, -0.2) is 19.4 Å². The summed E-state index contributed by atoms with van der Waals surface area (Å²) in [6, 6.07) is 3.70. The maximum absolute atomic E-state index is 12.3. The Morgan fingerprint density at radius 2 is 1.89 bits per heavy atom. The van der Waals surface area contributed by atoms with E-state index in [0.29, 0.717) is 13.0 Å². The van der Waals surface area contributed by atoms with Crippen LogP contribution in [0.15, 0.2) is 12.1 Å². The molecule has 1 aromatic rings. The van der Waals surface area contributed by atoms with Crippen molar-refractivity contribution >= 4 is 5.78 Å². The number of Topliss-reactive ketones (excluding diaryl/α,β-unsaturated/α-hetero) is 1. The van der Waals surface area contributed by atoms with E-state index in [4.69, 9.17) is 10.5 Å². The third-order valence-corrected chi connectivity index (χ3v) is 3.45. The zero-order chi connectivity index (χ0) is 13.9. The second kappa shape index (κ2) is 5.53. The predicted molar refractivity (Wildman–Crippen MR) is 74.3 cm³/mol. The van der Waals surface area contributed by atoms with E-state index in [0.717, 1.165) is 22.4 Å². The second-order valence-corrected chi connectivity index (χ2v) is 5.53. The van der Waals surface area contributed by atoms with Crippen molar-refractivity contribution in [3.8, 4) is 5.75 Å². The van der Waals surface area contributed by atoms with E-state index in [9.17, 15) is 4.79 Å². The van der Waals surface area contributed by atoms with E-state index >= 15 is 0 Å². The second-order valence-electron chi connectivity index (χ2n) is 5.53. The molecule has 100 valence electrons. The van der Waals surface area contributed by atoms with Crippen molar-refractivity contribution in [2.75, 3.05) is 13.7 Å². The largest absolute Gasteiger partial charge is 0.496 e. The highest BCUT2D eigenvalue weighted by atomic mass is 16.5. The van der Waals surface area contributed by atoms with Crippen molar-refractivity contribution in [3.05, 3.63) is 28.8 Å². The summed E-state index contributed by atoms with van der Waals surface area (Å²) < 4.78 is 5.25. The SMILES string of the molecule is COc1ccc(C(=O)CC(C)(C)CN)c(C)c1C. The maximum atomic E-state index is 12.3. The molecule has 0 aliphatic rings. The quantitative estimate of drug-likeness (QED) is 0.816. The van der Waals surface area contributed by atoms with E-state index < -0.39 is 0 Å². The molecule has 3 nitrogen and oxygen atoms in total. The summed E-state index contributed by atoms with van der Waals surface area (Å²) in [5.74, 6) is 0.968. The average Bonchev–Trinajstić information content (AvgIpc) is 2.32. The number of ketones is 1. The van der Waals surface area contributed by atoms with E-state index in [1.54, 1.807) is 7.11 Å². The summed E-state index contributed by atoms with van der Waals surface area (Å²) in [6.45, 7) is 8.46. The van der Waals surface area contributed by atoms with Crippen molar-refractivity contribution in [1.29, 1.82) is 0 Å². The van der Waals surface area contributed by atoms with Crippen molar-refractivity contribution in [1.82, 2.24) is 0 Å². The van der Waals surface area contributed by atoms with Gasteiger partial charge >= 0.3 is 0 Å². The number of carbonyl (C=O) groups is 1. The summed E-state index contributed by atoms with van der Waals surface area (Å²) in [5.41, 5.74) is 8.31. The molecule has 0 aliphatic heterocycles. The lowest BCUT2D eigenvalue weighted by atomic mass is 9.84. The Labute approximate surface area is 109 Å². The highest BCUT2D eigenvalue weighted by Gasteiger charge is 2.22. The van der Waals surface area contributed by atoms with Gasteiger partial charge in [-0.1, -0.05) is 13.8 Å².